The summed E-state index contributed by atoms with van der Waals surface area (Å²) in [7, 11) is 0. The zero-order chi connectivity index (χ0) is 83.1. The second-order valence-electron chi connectivity index (χ2n) is 30.7. The normalized spacial score (nSPS) is 25.3. The quantitative estimate of drug-likeness (QED) is 0.0352. The fraction of sp³-hybridized carbons (Fsp3) is 0.337. The molecule has 4 fully saturated rings. The Morgan fingerprint density at radius 1 is 0.262 bits per heavy atom. The van der Waals surface area contributed by atoms with Crippen molar-refractivity contribution in [2.24, 2.45) is 0 Å². The maximum atomic E-state index is 17.5. The lowest BCUT2D eigenvalue weighted by Gasteiger charge is -2.51. The number of carbonyl (C=O) groups excluding carboxylic acids is 1. The summed E-state index contributed by atoms with van der Waals surface area (Å²) in [6, 6.07) is 105. The fourth-order valence-corrected chi connectivity index (χ4v) is 15.7. The number of carbonyl (C=O) groups is 1. The summed E-state index contributed by atoms with van der Waals surface area (Å²) in [6.45, 7) is -1.89. The van der Waals surface area contributed by atoms with Gasteiger partial charge in [-0.15, -0.1) is 0 Å². The van der Waals surface area contributed by atoms with Crippen molar-refractivity contribution < 1.29 is 94.1 Å². The number of hydrogen-bond donors (Lipinski definition) is 0. The van der Waals surface area contributed by atoms with Gasteiger partial charge in [0.25, 0.3) is 0 Å². The number of alkyl halides is 2. The molecule has 636 valence electrons. The summed E-state index contributed by atoms with van der Waals surface area (Å²) in [6.07, 6.45) is -22.2. The number of hydrogen-bond acceptors (Lipinski definition) is 18. The predicted octanol–water partition coefficient (Wildman–Crippen LogP) is 17.4. The first kappa shape index (κ1) is 86.8. The topological polar surface area (TPSA) is 177 Å². The van der Waals surface area contributed by atoms with Crippen LogP contribution in [0.2, 0.25) is 0 Å². The maximum Gasteiger partial charge on any atom is 0.410 e. The van der Waals surface area contributed by atoms with E-state index in [9.17, 15) is 0 Å². The molecule has 11 aromatic rings. The standard InChI is InChI=1S/C101H105F2NO18/c102-56-84-89(109-62-75-40-18-4-19-41-75)92(110-63-76-42-20-5-21-43-76)95(113-66-79-48-26-8-27-49-79)98(117-84)121-90-85(57-103)118-99(96(114-67-80-50-28-9-29-51-80)93(90)111-64-77-44-22-6-23-45-77)122-91-87(71-107-60-73-36-14-2-15-37-73)119-100(97(115-68-81-52-30-10-31-53-81)94(91)112-65-78-46-24-7-25-47-78)120-88-83(70-106-59-72-34-12-1-13-35-72)104(101(105)116-69-82-54-32-11-33-55-82)58-86(88)108-61-74-38-16-3-17-39-74/h1-55,83-100H,56-71H2/t83-,84-,85-,86-,87-,88-,89-,90-,91-,92+,93+,94+,95-,96-,97-,98+,99-,100-/m1/s1. The van der Waals surface area contributed by atoms with Gasteiger partial charge in [-0.05, 0) is 61.2 Å². The minimum Gasteiger partial charge on any atom is -0.445 e. The Balaban J connectivity index is 0.836. The highest BCUT2D eigenvalue weighted by Crippen LogP contribution is 2.42. The number of ether oxygens (including phenoxy) is 17. The van der Waals surface area contributed by atoms with Crippen LogP contribution in [0.5, 0.6) is 0 Å². The highest BCUT2D eigenvalue weighted by molar-refractivity contribution is 5.69. The lowest BCUT2D eigenvalue weighted by atomic mass is 9.95. The molecule has 0 spiro atoms. The van der Waals surface area contributed by atoms with Crippen molar-refractivity contribution in [3.8, 4) is 0 Å². The molecule has 0 radical (unpaired) electrons. The van der Waals surface area contributed by atoms with Crippen molar-refractivity contribution >= 4 is 6.09 Å². The van der Waals surface area contributed by atoms with Crippen LogP contribution in [0.15, 0.2) is 334 Å². The number of nitrogens with zero attached hydrogens (tertiary/aromatic N) is 1. The number of halogens is 2. The Labute approximate surface area is 712 Å². The molecule has 4 heterocycles. The van der Waals surface area contributed by atoms with Gasteiger partial charge in [0.15, 0.2) is 18.9 Å². The van der Waals surface area contributed by atoms with Gasteiger partial charge >= 0.3 is 6.09 Å². The number of amides is 1. The second-order valence-corrected chi connectivity index (χ2v) is 30.7. The molecule has 0 bridgehead atoms. The lowest BCUT2D eigenvalue weighted by molar-refractivity contribution is -0.395. The molecule has 0 unspecified atom stereocenters. The van der Waals surface area contributed by atoms with Crippen molar-refractivity contribution in [3.05, 3.63) is 395 Å². The minimum atomic E-state index is -1.58. The summed E-state index contributed by atoms with van der Waals surface area (Å²) in [5.41, 5.74) is 9.07. The first-order chi connectivity index (χ1) is 60.3. The van der Waals surface area contributed by atoms with E-state index in [-0.39, 0.29) is 92.4 Å². The van der Waals surface area contributed by atoms with Crippen LogP contribution in [-0.2, 0) is 153 Å². The number of likely N-dealkylation sites (tertiary alicyclic amines) is 1. The Kier molecular flexibility index (Phi) is 32.6. The minimum absolute atomic E-state index is 0.00161. The molecule has 21 heteroatoms. The van der Waals surface area contributed by atoms with Gasteiger partial charge in [0.1, 0.15) is 105 Å². The third-order valence-corrected chi connectivity index (χ3v) is 22.0. The first-order valence-corrected chi connectivity index (χ1v) is 41.8. The first-order valence-electron chi connectivity index (χ1n) is 41.8. The van der Waals surface area contributed by atoms with Crippen LogP contribution in [0.4, 0.5) is 13.6 Å². The second kappa shape index (κ2) is 45.9. The van der Waals surface area contributed by atoms with Gasteiger partial charge in [0.05, 0.1) is 91.9 Å². The molecule has 0 saturated carbocycles. The molecule has 4 aliphatic rings. The van der Waals surface area contributed by atoms with E-state index in [0.29, 0.717) is 0 Å². The third kappa shape index (κ3) is 24.5. The van der Waals surface area contributed by atoms with E-state index in [2.05, 4.69) is 0 Å². The monoisotopic (exact) mass is 1660 g/mol. The molecular formula is C101H105F2NO18. The summed E-state index contributed by atoms with van der Waals surface area (Å²) in [5.74, 6) is 0. The third-order valence-electron chi connectivity index (χ3n) is 22.0. The van der Waals surface area contributed by atoms with Crippen molar-refractivity contribution in [2.75, 3.05) is 33.1 Å². The summed E-state index contributed by atoms with van der Waals surface area (Å²) < 4.78 is 156. The van der Waals surface area contributed by atoms with E-state index >= 15 is 13.6 Å². The van der Waals surface area contributed by atoms with Crippen LogP contribution in [0.25, 0.3) is 0 Å². The summed E-state index contributed by atoms with van der Waals surface area (Å²) in [4.78, 5) is 16.7. The van der Waals surface area contributed by atoms with Crippen LogP contribution in [0.1, 0.15) is 61.2 Å². The highest BCUT2D eigenvalue weighted by atomic mass is 19.1. The zero-order valence-corrected chi connectivity index (χ0v) is 68.0. The van der Waals surface area contributed by atoms with Gasteiger partial charge in [0.2, 0.25) is 0 Å². The molecule has 18 atom stereocenters. The Bertz CT molecular complexity index is 4760. The number of benzene rings is 11. The molecule has 0 N–H and O–H groups in total. The molecule has 15 rings (SSSR count). The average Bonchev–Trinajstić information content (AvgIpc) is 1.20. The van der Waals surface area contributed by atoms with Crippen LogP contribution in [0, 0.1) is 0 Å². The lowest BCUT2D eigenvalue weighted by Crippen LogP contribution is -2.68. The predicted molar refractivity (Wildman–Crippen MR) is 452 cm³/mol. The maximum absolute atomic E-state index is 17.5. The van der Waals surface area contributed by atoms with Gasteiger partial charge in [-0.3, -0.25) is 4.90 Å². The molecule has 0 aliphatic carbocycles. The summed E-state index contributed by atoms with van der Waals surface area (Å²) >= 11 is 0. The van der Waals surface area contributed by atoms with E-state index < -0.39 is 130 Å². The van der Waals surface area contributed by atoms with Crippen molar-refractivity contribution in [2.45, 2.75) is 183 Å². The van der Waals surface area contributed by atoms with Gasteiger partial charge < -0.3 is 80.5 Å². The molecule has 4 aliphatic heterocycles. The highest BCUT2D eigenvalue weighted by Gasteiger charge is 2.59. The molecule has 11 aromatic carbocycles. The van der Waals surface area contributed by atoms with Gasteiger partial charge in [-0.2, -0.15) is 0 Å². The Morgan fingerprint density at radius 3 is 0.820 bits per heavy atom. The SMILES string of the molecule is O=C(OCc1ccccc1)N1C[C@@H](OCc2ccccc2)[C@H](O[C@H]2O[C@H](COCc3ccccc3)[C@@H](O[C@H]3O[C@H](CF)[C@@H](O[C@@H]4O[C@H](CF)[C@@H](OCc5ccccc5)[C@H](OCc5ccccc5)[C@H]4OCc4ccccc4)[C@H](OCc4ccccc4)[C@H]3OCc3ccccc3)[C@H](OCc3ccccc3)[C@H]2OCc2ccccc2)[C@H]1COCc1ccccc1. The van der Waals surface area contributed by atoms with Crippen LogP contribution >= 0.6 is 0 Å². The van der Waals surface area contributed by atoms with Crippen LogP contribution in [-0.4, -0.2) is 154 Å². The smallest absolute Gasteiger partial charge is 0.410 e. The zero-order valence-electron chi connectivity index (χ0n) is 68.0. The van der Waals surface area contributed by atoms with Gasteiger partial charge in [-0.25, -0.2) is 13.6 Å². The Morgan fingerprint density at radius 2 is 0.500 bits per heavy atom. The largest absolute Gasteiger partial charge is 0.445 e. The van der Waals surface area contributed by atoms with E-state index in [4.69, 9.17) is 80.5 Å². The van der Waals surface area contributed by atoms with Crippen molar-refractivity contribution in [1.29, 1.82) is 0 Å². The molecule has 122 heavy (non-hydrogen) atoms. The fourth-order valence-electron chi connectivity index (χ4n) is 15.7. The van der Waals surface area contributed by atoms with E-state index in [1.807, 2.05) is 334 Å². The molecular weight excluding hydrogens is 1550 g/mol. The van der Waals surface area contributed by atoms with Gasteiger partial charge in [0, 0.05) is 0 Å². The van der Waals surface area contributed by atoms with Crippen molar-refractivity contribution in [3.63, 3.8) is 0 Å². The Hall–Kier alpha value is -10.1. The van der Waals surface area contributed by atoms with E-state index in [1.54, 1.807) is 4.90 Å². The molecule has 4 saturated heterocycles. The van der Waals surface area contributed by atoms with Crippen LogP contribution in [0.3, 0.4) is 0 Å². The number of rotatable bonds is 42. The van der Waals surface area contributed by atoms with Gasteiger partial charge in [-0.1, -0.05) is 334 Å². The molecule has 0 aromatic heterocycles. The van der Waals surface area contributed by atoms with Crippen molar-refractivity contribution in [1.82, 2.24) is 4.90 Å². The average molecular weight is 1660 g/mol. The van der Waals surface area contributed by atoms with Crippen LogP contribution < -0.4 is 0 Å². The van der Waals surface area contributed by atoms with E-state index in [1.165, 1.54) is 0 Å². The molecule has 1 amide bonds. The summed E-state index contributed by atoms with van der Waals surface area (Å²) in [5, 5.41) is 0. The molecule has 19 nitrogen and oxygen atoms in total. The van der Waals surface area contributed by atoms with E-state index in [0.717, 1.165) is 61.2 Å².